The molecule has 4 aromatic rings. The molecule has 0 bridgehead atoms. The van der Waals surface area contributed by atoms with E-state index in [2.05, 4.69) is 44.8 Å². The van der Waals surface area contributed by atoms with Gasteiger partial charge in [0.2, 0.25) is 0 Å². The molecule has 31 heavy (non-hydrogen) atoms. The fraction of sp³-hybridized carbons (Fsp3) is 0.217. The fourth-order valence-electron chi connectivity index (χ4n) is 4.17. The molecule has 0 fully saturated rings. The molecule has 5 rings (SSSR count). The number of aromatic nitrogens is 3. The number of nitrogens with one attached hydrogen (secondary N) is 1. The number of anilines is 2. The summed E-state index contributed by atoms with van der Waals surface area (Å²) in [6.07, 6.45) is 6.15. The zero-order valence-electron chi connectivity index (χ0n) is 17.6. The first-order valence-electron chi connectivity index (χ1n) is 10.1. The summed E-state index contributed by atoms with van der Waals surface area (Å²) in [6, 6.07) is 11.4. The molecule has 1 N–H and O–H groups in total. The molecule has 7 nitrogen and oxygen atoms in total. The smallest absolute Gasteiger partial charge is 0.279 e. The van der Waals surface area contributed by atoms with E-state index < -0.39 is 10.0 Å². The second-order valence-corrected chi connectivity index (χ2v) is 9.63. The number of hydrogen-bond acceptors (Lipinski definition) is 5. The number of likely N-dealkylation sites (N-methyl/N-ethyl adjacent to an activating group) is 1. The summed E-state index contributed by atoms with van der Waals surface area (Å²) in [5.74, 6) is 0. The minimum atomic E-state index is -3.84. The monoisotopic (exact) mass is 433 g/mol. The molecule has 0 saturated carbocycles. The quantitative estimate of drug-likeness (QED) is 0.530. The number of aryl methyl sites for hydroxylation is 2. The van der Waals surface area contributed by atoms with Crippen LogP contribution in [-0.4, -0.2) is 36.5 Å². The Balaban J connectivity index is 1.65. The Morgan fingerprint density at radius 3 is 2.65 bits per heavy atom. The molecule has 0 radical (unpaired) electrons. The summed E-state index contributed by atoms with van der Waals surface area (Å²) in [5.41, 5.74) is 6.53. The number of fused-ring (bicyclic) bond motifs is 2. The largest absolute Gasteiger partial charge is 0.374 e. The molecule has 0 aliphatic carbocycles. The minimum absolute atomic E-state index is 0.00546. The van der Waals surface area contributed by atoms with Gasteiger partial charge in [0.25, 0.3) is 10.0 Å². The van der Waals surface area contributed by atoms with Gasteiger partial charge in [0.1, 0.15) is 5.65 Å². The van der Waals surface area contributed by atoms with Gasteiger partial charge in [-0.3, -0.25) is 4.72 Å². The predicted octanol–water partition coefficient (Wildman–Crippen LogP) is 3.74. The van der Waals surface area contributed by atoms with Gasteiger partial charge in [-0.2, -0.15) is 8.42 Å². The third kappa shape index (κ3) is 3.33. The zero-order valence-corrected chi connectivity index (χ0v) is 18.4. The fourth-order valence-corrected chi connectivity index (χ4v) is 5.27. The first kappa shape index (κ1) is 19.6. The number of pyridine rings is 2. The highest BCUT2D eigenvalue weighted by Gasteiger charge is 2.22. The molecular formula is C23H23N5O2S. The van der Waals surface area contributed by atoms with Gasteiger partial charge in [0, 0.05) is 50.5 Å². The van der Waals surface area contributed by atoms with E-state index in [4.69, 9.17) is 0 Å². The number of hydrogen-bond donors (Lipinski definition) is 1. The number of rotatable bonds is 4. The summed E-state index contributed by atoms with van der Waals surface area (Å²) in [7, 11) is 0.166. The predicted molar refractivity (Wildman–Crippen MR) is 123 cm³/mol. The third-order valence-corrected chi connectivity index (χ3v) is 7.05. The van der Waals surface area contributed by atoms with Crippen LogP contribution in [0.5, 0.6) is 0 Å². The van der Waals surface area contributed by atoms with Crippen molar-refractivity contribution in [3.63, 3.8) is 0 Å². The van der Waals surface area contributed by atoms with Gasteiger partial charge in [-0.25, -0.2) is 9.97 Å². The van der Waals surface area contributed by atoms with Crippen molar-refractivity contribution >= 4 is 32.4 Å². The Bertz CT molecular complexity index is 1430. The topological polar surface area (TPSA) is 80.1 Å². The molecule has 1 aromatic carbocycles. The normalized spacial score (nSPS) is 13.6. The molecule has 0 saturated heterocycles. The zero-order chi connectivity index (χ0) is 21.8. The van der Waals surface area contributed by atoms with E-state index in [0.29, 0.717) is 11.3 Å². The van der Waals surface area contributed by atoms with Crippen molar-refractivity contribution in [2.24, 2.45) is 7.05 Å². The van der Waals surface area contributed by atoms with Gasteiger partial charge < -0.3 is 9.47 Å². The molecule has 0 spiro atoms. The van der Waals surface area contributed by atoms with Crippen LogP contribution in [-0.2, 0) is 23.5 Å². The Morgan fingerprint density at radius 1 is 1.03 bits per heavy atom. The summed E-state index contributed by atoms with van der Waals surface area (Å²) in [4.78, 5) is 10.8. The highest BCUT2D eigenvalue weighted by Crippen LogP contribution is 2.38. The maximum absolute atomic E-state index is 13.0. The lowest BCUT2D eigenvalue weighted by molar-refractivity contribution is 0.597. The molecule has 1 aliphatic rings. The third-order valence-electron chi connectivity index (χ3n) is 5.79. The molecular weight excluding hydrogens is 410 g/mol. The van der Waals surface area contributed by atoms with E-state index in [0.717, 1.165) is 35.0 Å². The van der Waals surface area contributed by atoms with Crippen molar-refractivity contribution in [1.82, 2.24) is 14.5 Å². The standard InChI is InChI=1S/C23H23N5O2S/c1-15-6-9-24-21(12-15)31(29,30)26-19-7-10-25-23-22(19)18(14-28(23)3)17-5-4-16-8-11-27(2)20(16)13-17/h4-7,9-10,12-14H,8,11H2,1-3H3,(H,25,26). The van der Waals surface area contributed by atoms with E-state index in [1.165, 1.54) is 17.4 Å². The second kappa shape index (κ2) is 7.09. The van der Waals surface area contributed by atoms with E-state index in [1.54, 1.807) is 24.4 Å². The van der Waals surface area contributed by atoms with Crippen molar-refractivity contribution in [2.75, 3.05) is 23.2 Å². The molecule has 0 atom stereocenters. The SMILES string of the molecule is Cc1ccnc(S(=O)(=O)Nc2ccnc3c2c(-c2ccc4c(c2)N(C)CC4)cn3C)c1. The van der Waals surface area contributed by atoms with Crippen LogP contribution in [0.2, 0.25) is 0 Å². The highest BCUT2D eigenvalue weighted by molar-refractivity contribution is 7.92. The lowest BCUT2D eigenvalue weighted by Crippen LogP contribution is -2.15. The molecule has 0 unspecified atom stereocenters. The molecule has 1 aliphatic heterocycles. The van der Waals surface area contributed by atoms with E-state index in [1.807, 2.05) is 24.7 Å². The maximum Gasteiger partial charge on any atom is 0.279 e. The van der Waals surface area contributed by atoms with Crippen molar-refractivity contribution in [1.29, 1.82) is 0 Å². The van der Waals surface area contributed by atoms with Gasteiger partial charge in [-0.05, 0) is 54.3 Å². The van der Waals surface area contributed by atoms with Crippen molar-refractivity contribution < 1.29 is 8.42 Å². The highest BCUT2D eigenvalue weighted by atomic mass is 32.2. The van der Waals surface area contributed by atoms with Crippen LogP contribution in [0.15, 0.2) is 60.0 Å². The lowest BCUT2D eigenvalue weighted by Gasteiger charge is -2.14. The Hall–Kier alpha value is -3.39. The van der Waals surface area contributed by atoms with Crippen LogP contribution < -0.4 is 9.62 Å². The van der Waals surface area contributed by atoms with Gasteiger partial charge in [-0.15, -0.1) is 0 Å². The average molecular weight is 434 g/mol. The first-order chi connectivity index (χ1) is 14.8. The van der Waals surface area contributed by atoms with Crippen molar-refractivity contribution in [2.45, 2.75) is 18.4 Å². The van der Waals surface area contributed by atoms with Crippen molar-refractivity contribution in [3.05, 3.63) is 66.1 Å². The summed E-state index contributed by atoms with van der Waals surface area (Å²) in [5, 5.41) is 0.760. The van der Waals surface area contributed by atoms with Gasteiger partial charge in [0.05, 0.1) is 11.1 Å². The van der Waals surface area contributed by atoms with Gasteiger partial charge >= 0.3 is 0 Å². The van der Waals surface area contributed by atoms with Crippen LogP contribution >= 0.6 is 0 Å². The van der Waals surface area contributed by atoms with Crippen LogP contribution in [0, 0.1) is 6.92 Å². The van der Waals surface area contributed by atoms with Crippen LogP contribution in [0.4, 0.5) is 11.4 Å². The number of sulfonamides is 1. The number of nitrogens with zero attached hydrogens (tertiary/aromatic N) is 4. The Morgan fingerprint density at radius 2 is 1.84 bits per heavy atom. The van der Waals surface area contributed by atoms with E-state index in [9.17, 15) is 8.42 Å². The second-order valence-electron chi connectivity index (χ2n) is 8.00. The summed E-state index contributed by atoms with van der Waals surface area (Å²) >= 11 is 0. The van der Waals surface area contributed by atoms with E-state index >= 15 is 0 Å². The van der Waals surface area contributed by atoms with Gasteiger partial charge in [0.15, 0.2) is 5.03 Å². The van der Waals surface area contributed by atoms with Crippen LogP contribution in [0.3, 0.4) is 0 Å². The number of benzene rings is 1. The molecule has 4 heterocycles. The van der Waals surface area contributed by atoms with Crippen molar-refractivity contribution in [3.8, 4) is 11.1 Å². The molecule has 3 aromatic heterocycles. The Kier molecular flexibility index (Phi) is 4.48. The first-order valence-corrected chi connectivity index (χ1v) is 11.6. The molecule has 0 amide bonds. The van der Waals surface area contributed by atoms with Crippen LogP contribution in [0.1, 0.15) is 11.1 Å². The minimum Gasteiger partial charge on any atom is -0.374 e. The van der Waals surface area contributed by atoms with Gasteiger partial charge in [-0.1, -0.05) is 12.1 Å². The molecule has 8 heteroatoms. The average Bonchev–Trinajstić information content (AvgIpc) is 3.28. The maximum atomic E-state index is 13.0. The Labute approximate surface area is 181 Å². The van der Waals surface area contributed by atoms with Crippen LogP contribution in [0.25, 0.3) is 22.2 Å². The molecule has 158 valence electrons. The lowest BCUT2D eigenvalue weighted by atomic mass is 10.0. The summed E-state index contributed by atoms with van der Waals surface area (Å²) < 4.78 is 30.7. The van der Waals surface area contributed by atoms with E-state index in [-0.39, 0.29) is 5.03 Å². The summed E-state index contributed by atoms with van der Waals surface area (Å²) in [6.45, 7) is 2.84.